The second-order valence-electron chi connectivity index (χ2n) is 4.85. The van der Waals surface area contributed by atoms with E-state index in [9.17, 15) is 18.0 Å². The Morgan fingerprint density at radius 3 is 2.68 bits per heavy atom. The number of rotatable bonds is 4. The molecule has 2 heterocycles. The third kappa shape index (κ3) is 3.21. The van der Waals surface area contributed by atoms with Crippen molar-refractivity contribution < 1.29 is 18.0 Å². The van der Waals surface area contributed by atoms with E-state index in [1.54, 1.807) is 14.1 Å². The molecule has 0 fully saturated rings. The van der Waals surface area contributed by atoms with Gasteiger partial charge in [0, 0.05) is 21.1 Å². The number of nitrogens with one attached hydrogen (secondary N) is 2. The van der Waals surface area contributed by atoms with Crippen molar-refractivity contribution in [3.05, 3.63) is 29.2 Å². The first-order chi connectivity index (χ1) is 10.2. The molecule has 7 nitrogen and oxygen atoms in total. The topological polar surface area (TPSA) is 78.8 Å². The van der Waals surface area contributed by atoms with Crippen molar-refractivity contribution in [3.63, 3.8) is 0 Å². The van der Waals surface area contributed by atoms with Crippen LogP contribution in [0.1, 0.15) is 21.7 Å². The smallest absolute Gasteiger partial charge is 0.364 e. The summed E-state index contributed by atoms with van der Waals surface area (Å²) in [5.74, 6) is 0.0747. The highest BCUT2D eigenvalue weighted by Crippen LogP contribution is 2.28. The van der Waals surface area contributed by atoms with Crippen LogP contribution in [0.2, 0.25) is 0 Å². The second-order valence-corrected chi connectivity index (χ2v) is 4.85. The Hall–Kier alpha value is -2.52. The summed E-state index contributed by atoms with van der Waals surface area (Å²) in [5, 5.41) is 12.7. The zero-order valence-corrected chi connectivity index (χ0v) is 12.2. The minimum Gasteiger partial charge on any atom is -0.364 e. The lowest BCUT2D eigenvalue weighted by molar-refractivity contribution is -0.141. The molecule has 120 valence electrons. The fourth-order valence-corrected chi connectivity index (χ4v) is 1.81. The van der Waals surface area contributed by atoms with Gasteiger partial charge in [0.1, 0.15) is 11.4 Å². The standard InChI is InChI=1S/C12H15F3N6O/c1-20(2)11(22)8-6-17-18-10(8)16-5-7-4-9(12(13,14)15)19-21(7)3/h4,6H,5H2,1-3H3,(H2,16,17,18). The van der Waals surface area contributed by atoms with Crippen LogP contribution in [0.3, 0.4) is 0 Å². The third-order valence-electron chi connectivity index (χ3n) is 2.99. The highest BCUT2D eigenvalue weighted by Gasteiger charge is 2.34. The summed E-state index contributed by atoms with van der Waals surface area (Å²) in [5.41, 5.74) is -0.325. The molecule has 0 spiro atoms. The molecule has 22 heavy (non-hydrogen) atoms. The van der Waals surface area contributed by atoms with Crippen LogP contribution in [0.25, 0.3) is 0 Å². The van der Waals surface area contributed by atoms with E-state index in [4.69, 9.17) is 0 Å². The average Bonchev–Trinajstić information content (AvgIpc) is 3.01. The van der Waals surface area contributed by atoms with Crippen molar-refractivity contribution in [1.82, 2.24) is 24.9 Å². The Bertz CT molecular complexity index is 673. The minimum absolute atomic E-state index is 0.0650. The highest BCUT2D eigenvalue weighted by molar-refractivity contribution is 5.98. The molecule has 0 aromatic carbocycles. The maximum atomic E-state index is 12.6. The molecule has 2 aromatic rings. The van der Waals surface area contributed by atoms with Gasteiger partial charge in [-0.25, -0.2) is 0 Å². The summed E-state index contributed by atoms with van der Waals surface area (Å²) in [7, 11) is 4.61. The van der Waals surface area contributed by atoms with Crippen molar-refractivity contribution >= 4 is 11.7 Å². The van der Waals surface area contributed by atoms with E-state index < -0.39 is 11.9 Å². The molecule has 2 rings (SSSR count). The number of aromatic nitrogens is 4. The van der Waals surface area contributed by atoms with Gasteiger partial charge in [0.25, 0.3) is 5.91 Å². The Labute approximate surface area is 124 Å². The fraction of sp³-hybridized carbons (Fsp3) is 0.417. The first kappa shape index (κ1) is 15.9. The molecule has 0 bridgehead atoms. The summed E-state index contributed by atoms with van der Waals surface area (Å²) in [6, 6.07) is 0.955. The fourth-order valence-electron chi connectivity index (χ4n) is 1.81. The lowest BCUT2D eigenvalue weighted by Gasteiger charge is -2.11. The molecule has 2 aromatic heterocycles. The van der Waals surface area contributed by atoms with Gasteiger partial charge in [0.15, 0.2) is 5.69 Å². The molecule has 1 amide bonds. The number of alkyl halides is 3. The van der Waals surface area contributed by atoms with Crippen LogP contribution >= 0.6 is 0 Å². The monoisotopic (exact) mass is 316 g/mol. The predicted octanol–water partition coefficient (Wildman–Crippen LogP) is 1.48. The Morgan fingerprint density at radius 1 is 1.45 bits per heavy atom. The molecule has 0 radical (unpaired) electrons. The van der Waals surface area contributed by atoms with Gasteiger partial charge in [-0.15, -0.1) is 0 Å². The summed E-state index contributed by atoms with van der Waals surface area (Å²) in [6.45, 7) is 0.0650. The summed E-state index contributed by atoms with van der Waals surface area (Å²) < 4.78 is 38.9. The van der Waals surface area contributed by atoms with Crippen LogP contribution in [-0.2, 0) is 19.8 Å². The first-order valence-corrected chi connectivity index (χ1v) is 6.29. The molecule has 0 unspecified atom stereocenters. The number of hydrogen-bond donors (Lipinski definition) is 2. The maximum absolute atomic E-state index is 12.6. The Balaban J connectivity index is 2.13. The molecule has 0 aliphatic carbocycles. The minimum atomic E-state index is -4.49. The molecule has 0 aliphatic rings. The van der Waals surface area contributed by atoms with Crippen LogP contribution in [0.5, 0.6) is 0 Å². The number of H-pyrrole nitrogens is 1. The van der Waals surface area contributed by atoms with Crippen LogP contribution in [0.4, 0.5) is 19.0 Å². The molecule has 0 aliphatic heterocycles. The van der Waals surface area contributed by atoms with Crippen LogP contribution in [0.15, 0.2) is 12.3 Å². The van der Waals surface area contributed by atoms with Gasteiger partial charge < -0.3 is 10.2 Å². The lowest BCUT2D eigenvalue weighted by Crippen LogP contribution is -2.22. The van der Waals surface area contributed by atoms with Crippen molar-refractivity contribution in [2.75, 3.05) is 19.4 Å². The average molecular weight is 316 g/mol. The lowest BCUT2D eigenvalue weighted by atomic mass is 10.3. The number of carbonyl (C=O) groups excluding carboxylic acids is 1. The second kappa shape index (κ2) is 5.70. The number of nitrogens with zero attached hydrogens (tertiary/aromatic N) is 4. The van der Waals surface area contributed by atoms with Crippen molar-refractivity contribution in [2.24, 2.45) is 7.05 Å². The van der Waals surface area contributed by atoms with E-state index in [-0.39, 0.29) is 12.5 Å². The third-order valence-corrected chi connectivity index (χ3v) is 2.99. The number of hydrogen-bond acceptors (Lipinski definition) is 4. The highest BCUT2D eigenvalue weighted by atomic mass is 19.4. The number of carbonyl (C=O) groups is 1. The SMILES string of the molecule is CN(C)C(=O)c1cn[nH]c1NCc1cc(C(F)(F)F)nn1C. The van der Waals surface area contributed by atoms with Gasteiger partial charge in [-0.1, -0.05) is 0 Å². The number of aromatic amines is 1. The first-order valence-electron chi connectivity index (χ1n) is 6.29. The quantitative estimate of drug-likeness (QED) is 0.895. The van der Waals surface area contributed by atoms with E-state index in [1.807, 2.05) is 0 Å². The maximum Gasteiger partial charge on any atom is 0.435 e. The molecule has 0 saturated heterocycles. The van der Waals surface area contributed by atoms with Crippen LogP contribution in [-0.4, -0.2) is 44.9 Å². The zero-order chi connectivity index (χ0) is 16.5. The van der Waals surface area contributed by atoms with Gasteiger partial charge >= 0.3 is 6.18 Å². The van der Waals surface area contributed by atoms with Gasteiger partial charge in [-0.2, -0.15) is 23.4 Å². The van der Waals surface area contributed by atoms with E-state index in [0.717, 1.165) is 10.7 Å². The van der Waals surface area contributed by atoms with E-state index in [2.05, 4.69) is 20.6 Å². The Kier molecular flexibility index (Phi) is 4.11. The van der Waals surface area contributed by atoms with Gasteiger partial charge in [-0.05, 0) is 6.07 Å². The summed E-state index contributed by atoms with van der Waals surface area (Å²) in [6.07, 6.45) is -3.13. The number of amides is 1. The normalized spacial score (nSPS) is 11.5. The number of aryl methyl sites for hydroxylation is 1. The van der Waals surface area contributed by atoms with Gasteiger partial charge in [0.2, 0.25) is 0 Å². The molecular formula is C12H15F3N6O. The van der Waals surface area contributed by atoms with Crippen molar-refractivity contribution in [1.29, 1.82) is 0 Å². The zero-order valence-electron chi connectivity index (χ0n) is 12.2. The summed E-state index contributed by atoms with van der Waals surface area (Å²) in [4.78, 5) is 13.3. The van der Waals surface area contributed by atoms with E-state index in [1.165, 1.54) is 18.1 Å². The molecule has 0 atom stereocenters. The predicted molar refractivity (Wildman–Crippen MR) is 72.1 cm³/mol. The van der Waals surface area contributed by atoms with Crippen molar-refractivity contribution in [2.45, 2.75) is 12.7 Å². The largest absolute Gasteiger partial charge is 0.435 e. The summed E-state index contributed by atoms with van der Waals surface area (Å²) >= 11 is 0. The number of halogens is 3. The molecule has 2 N–H and O–H groups in total. The van der Waals surface area contributed by atoms with Crippen LogP contribution < -0.4 is 5.32 Å². The molecule has 0 saturated carbocycles. The Morgan fingerprint density at radius 2 is 2.14 bits per heavy atom. The molecule has 10 heteroatoms. The van der Waals surface area contributed by atoms with E-state index in [0.29, 0.717) is 17.1 Å². The molecular weight excluding hydrogens is 301 g/mol. The van der Waals surface area contributed by atoms with Crippen molar-refractivity contribution in [3.8, 4) is 0 Å². The van der Waals surface area contributed by atoms with Gasteiger partial charge in [0.05, 0.1) is 18.4 Å². The van der Waals surface area contributed by atoms with E-state index >= 15 is 0 Å². The van der Waals surface area contributed by atoms with Gasteiger partial charge in [-0.3, -0.25) is 14.6 Å². The number of anilines is 1. The van der Waals surface area contributed by atoms with Crippen LogP contribution in [0, 0.1) is 0 Å².